The zero-order valence-electron chi connectivity index (χ0n) is 15.5. The van der Waals surface area contributed by atoms with E-state index in [1.807, 2.05) is 29.2 Å². The molecular weight excluding hydrogens is 330 g/mol. The molecule has 0 bridgehead atoms. The van der Waals surface area contributed by atoms with Crippen LogP contribution in [0.3, 0.4) is 0 Å². The fourth-order valence-corrected chi connectivity index (χ4v) is 3.40. The summed E-state index contributed by atoms with van der Waals surface area (Å²) in [5, 5.41) is 0. The first-order chi connectivity index (χ1) is 12.6. The van der Waals surface area contributed by atoms with Crippen LogP contribution in [0.5, 0.6) is 17.2 Å². The Morgan fingerprint density at radius 1 is 1.04 bits per heavy atom. The predicted octanol–water partition coefficient (Wildman–Crippen LogP) is 3.70. The fraction of sp³-hybridized carbons (Fsp3) is 0.286. The van der Waals surface area contributed by atoms with Gasteiger partial charge in [0.05, 0.1) is 21.3 Å². The van der Waals surface area contributed by atoms with Gasteiger partial charge in [-0.05, 0) is 43.2 Å². The first kappa shape index (κ1) is 17.9. The Kier molecular flexibility index (Phi) is 5.16. The summed E-state index contributed by atoms with van der Waals surface area (Å²) in [7, 11) is 4.69. The number of carbonyl (C=O) groups excluding carboxylic acids is 1. The van der Waals surface area contributed by atoms with E-state index >= 15 is 0 Å². The van der Waals surface area contributed by atoms with E-state index in [4.69, 9.17) is 14.2 Å². The summed E-state index contributed by atoms with van der Waals surface area (Å²) in [4.78, 5) is 14.6. The molecule has 0 unspecified atom stereocenters. The molecule has 0 radical (unpaired) electrons. The number of hydrogen-bond acceptors (Lipinski definition) is 4. The van der Waals surface area contributed by atoms with E-state index in [0.29, 0.717) is 17.2 Å². The first-order valence-electron chi connectivity index (χ1n) is 8.48. The highest BCUT2D eigenvalue weighted by Gasteiger charge is 2.29. The topological polar surface area (TPSA) is 48.0 Å². The Labute approximate surface area is 153 Å². The van der Waals surface area contributed by atoms with Crippen molar-refractivity contribution in [2.75, 3.05) is 26.2 Å². The molecule has 136 valence electrons. The van der Waals surface area contributed by atoms with E-state index in [2.05, 4.69) is 13.0 Å². The molecule has 5 heteroatoms. The van der Waals surface area contributed by atoms with Crippen molar-refractivity contribution in [1.82, 2.24) is 0 Å². The van der Waals surface area contributed by atoms with Crippen LogP contribution >= 0.6 is 0 Å². The number of para-hydroxylation sites is 1. The zero-order valence-corrected chi connectivity index (χ0v) is 15.5. The Bertz CT molecular complexity index is 844. The van der Waals surface area contributed by atoms with Gasteiger partial charge in [-0.2, -0.15) is 0 Å². The number of carbonyl (C=O) groups is 1. The number of benzene rings is 2. The third-order valence-electron chi connectivity index (χ3n) is 4.58. The lowest BCUT2D eigenvalue weighted by molar-refractivity contribution is -0.114. The molecular formula is C21H23NO4. The average molecular weight is 353 g/mol. The average Bonchev–Trinajstić information content (AvgIpc) is 3.00. The van der Waals surface area contributed by atoms with Crippen LogP contribution in [0.25, 0.3) is 6.08 Å². The molecule has 1 aliphatic rings. The molecule has 0 N–H and O–H groups in total. The fourth-order valence-electron chi connectivity index (χ4n) is 3.40. The van der Waals surface area contributed by atoms with Gasteiger partial charge in [-0.25, -0.2) is 0 Å². The summed E-state index contributed by atoms with van der Waals surface area (Å²) in [6, 6.07) is 11.8. The smallest absolute Gasteiger partial charge is 0.251 e. The number of ether oxygens (including phenoxy) is 3. The Balaban J connectivity index is 1.90. The van der Waals surface area contributed by atoms with Crippen molar-refractivity contribution in [2.45, 2.75) is 19.4 Å². The normalized spacial score (nSPS) is 15.8. The van der Waals surface area contributed by atoms with Crippen LogP contribution < -0.4 is 19.1 Å². The minimum atomic E-state index is -0.0562. The van der Waals surface area contributed by atoms with Gasteiger partial charge in [-0.15, -0.1) is 0 Å². The lowest BCUT2D eigenvalue weighted by atomic mass is 10.1. The Hall–Kier alpha value is -2.95. The summed E-state index contributed by atoms with van der Waals surface area (Å²) in [5.41, 5.74) is 2.93. The third kappa shape index (κ3) is 3.12. The molecule has 2 aromatic rings. The first-order valence-corrected chi connectivity index (χ1v) is 8.48. The molecule has 0 saturated carbocycles. The van der Waals surface area contributed by atoms with Gasteiger partial charge in [0.25, 0.3) is 5.91 Å². The summed E-state index contributed by atoms with van der Waals surface area (Å²) in [5.74, 6) is 1.56. The van der Waals surface area contributed by atoms with Gasteiger partial charge >= 0.3 is 0 Å². The third-order valence-corrected chi connectivity index (χ3v) is 4.58. The number of nitrogens with zero attached hydrogens (tertiary/aromatic N) is 1. The number of anilines is 1. The maximum Gasteiger partial charge on any atom is 0.251 e. The second kappa shape index (κ2) is 7.52. The highest BCUT2D eigenvalue weighted by atomic mass is 16.5. The van der Waals surface area contributed by atoms with Crippen molar-refractivity contribution >= 4 is 17.7 Å². The molecule has 1 amide bonds. The largest absolute Gasteiger partial charge is 0.493 e. The monoisotopic (exact) mass is 353 g/mol. The quantitative estimate of drug-likeness (QED) is 0.769. The lowest BCUT2D eigenvalue weighted by Gasteiger charge is -2.21. The minimum Gasteiger partial charge on any atom is -0.493 e. The molecule has 26 heavy (non-hydrogen) atoms. The van der Waals surface area contributed by atoms with Crippen LogP contribution in [0.4, 0.5) is 5.69 Å². The molecule has 0 aliphatic carbocycles. The summed E-state index contributed by atoms with van der Waals surface area (Å²) >= 11 is 0. The second-order valence-electron chi connectivity index (χ2n) is 6.15. The Morgan fingerprint density at radius 3 is 2.46 bits per heavy atom. The standard InChI is InChI=1S/C21H23NO4/c1-14-13-16-7-5-6-8-17(16)22(14)19(23)12-10-15-9-11-18(24-2)21(26-4)20(15)25-3/h5-12,14H,13H2,1-4H3/b12-10+/t14-/m0/s1. The molecule has 1 atom stereocenters. The molecule has 5 nitrogen and oxygen atoms in total. The maximum absolute atomic E-state index is 12.8. The maximum atomic E-state index is 12.8. The molecule has 0 saturated heterocycles. The molecule has 1 aliphatic heterocycles. The van der Waals surface area contributed by atoms with E-state index in [0.717, 1.165) is 17.7 Å². The van der Waals surface area contributed by atoms with Crippen molar-refractivity contribution in [2.24, 2.45) is 0 Å². The van der Waals surface area contributed by atoms with Crippen molar-refractivity contribution in [3.63, 3.8) is 0 Å². The minimum absolute atomic E-state index is 0.0562. The molecule has 0 fully saturated rings. The number of amides is 1. The van der Waals surface area contributed by atoms with Crippen molar-refractivity contribution in [3.8, 4) is 17.2 Å². The Morgan fingerprint density at radius 2 is 1.77 bits per heavy atom. The van der Waals surface area contributed by atoms with Crippen molar-refractivity contribution in [3.05, 3.63) is 53.6 Å². The van der Waals surface area contributed by atoms with Gasteiger partial charge in [0, 0.05) is 23.4 Å². The van der Waals surface area contributed by atoms with Gasteiger partial charge in [0.1, 0.15) is 0 Å². The molecule has 2 aromatic carbocycles. The number of fused-ring (bicyclic) bond motifs is 1. The van der Waals surface area contributed by atoms with Crippen LogP contribution in [0, 0.1) is 0 Å². The highest BCUT2D eigenvalue weighted by molar-refractivity contribution is 6.05. The van der Waals surface area contributed by atoms with Gasteiger partial charge in [-0.3, -0.25) is 4.79 Å². The second-order valence-corrected chi connectivity index (χ2v) is 6.15. The van der Waals surface area contributed by atoms with Crippen LogP contribution in [0.15, 0.2) is 42.5 Å². The van der Waals surface area contributed by atoms with E-state index in [-0.39, 0.29) is 11.9 Å². The van der Waals surface area contributed by atoms with Crippen molar-refractivity contribution in [1.29, 1.82) is 0 Å². The van der Waals surface area contributed by atoms with Crippen molar-refractivity contribution < 1.29 is 19.0 Å². The lowest BCUT2D eigenvalue weighted by Crippen LogP contribution is -2.34. The number of methoxy groups -OCH3 is 3. The summed E-state index contributed by atoms with van der Waals surface area (Å²) < 4.78 is 16.1. The van der Waals surface area contributed by atoms with Gasteiger partial charge in [0.15, 0.2) is 11.5 Å². The van der Waals surface area contributed by atoms with E-state index in [1.54, 1.807) is 39.5 Å². The van der Waals surface area contributed by atoms with E-state index < -0.39 is 0 Å². The van der Waals surface area contributed by atoms with E-state index in [1.165, 1.54) is 5.56 Å². The molecule has 0 spiro atoms. The van der Waals surface area contributed by atoms with Crippen LogP contribution in [-0.4, -0.2) is 33.3 Å². The van der Waals surface area contributed by atoms with Crippen LogP contribution in [0.2, 0.25) is 0 Å². The number of rotatable bonds is 5. The summed E-state index contributed by atoms with van der Waals surface area (Å²) in [6.07, 6.45) is 4.19. The van der Waals surface area contributed by atoms with E-state index in [9.17, 15) is 4.79 Å². The highest BCUT2D eigenvalue weighted by Crippen LogP contribution is 2.40. The van der Waals surface area contributed by atoms with Gasteiger partial charge < -0.3 is 19.1 Å². The molecule has 1 heterocycles. The van der Waals surface area contributed by atoms with Gasteiger partial charge in [0.2, 0.25) is 5.75 Å². The predicted molar refractivity (Wildman–Crippen MR) is 102 cm³/mol. The molecule has 3 rings (SSSR count). The summed E-state index contributed by atoms with van der Waals surface area (Å²) in [6.45, 7) is 2.06. The van der Waals surface area contributed by atoms with Gasteiger partial charge in [-0.1, -0.05) is 18.2 Å². The SMILES string of the molecule is COc1ccc(/C=C/C(=O)N2c3ccccc3C[C@@H]2C)c(OC)c1OC. The molecule has 0 aromatic heterocycles. The number of hydrogen-bond donors (Lipinski definition) is 0. The van der Waals surface area contributed by atoms with Crippen LogP contribution in [-0.2, 0) is 11.2 Å². The zero-order chi connectivity index (χ0) is 18.7. The van der Waals surface area contributed by atoms with Crippen LogP contribution in [0.1, 0.15) is 18.1 Å².